The van der Waals surface area contributed by atoms with Crippen molar-refractivity contribution in [3.05, 3.63) is 59.7 Å². The van der Waals surface area contributed by atoms with Gasteiger partial charge in [-0.05, 0) is 29.7 Å². The topological polar surface area (TPSA) is 131 Å². The molecule has 10 heteroatoms. The van der Waals surface area contributed by atoms with Gasteiger partial charge in [0.05, 0.1) is 38.0 Å². The predicted octanol–water partition coefficient (Wildman–Crippen LogP) is 2.92. The van der Waals surface area contributed by atoms with Crippen LogP contribution in [0.4, 0.5) is 0 Å². The van der Waals surface area contributed by atoms with Crippen LogP contribution >= 0.6 is 11.8 Å². The molecule has 2 aromatic carbocycles. The van der Waals surface area contributed by atoms with Crippen LogP contribution in [0.5, 0.6) is 11.5 Å². The second-order valence-corrected chi connectivity index (χ2v) is 9.35. The van der Waals surface area contributed by atoms with Gasteiger partial charge in [-0.1, -0.05) is 44.2 Å². The Morgan fingerprint density at radius 1 is 0.972 bits per heavy atom. The normalized spacial score (nSPS) is 12.4. The van der Waals surface area contributed by atoms with Gasteiger partial charge in [0.2, 0.25) is 5.91 Å². The van der Waals surface area contributed by atoms with E-state index in [-0.39, 0.29) is 17.2 Å². The molecule has 0 aromatic heterocycles. The summed E-state index contributed by atoms with van der Waals surface area (Å²) in [6.07, 6.45) is -0.557. The number of aliphatic carboxylic acids is 1. The van der Waals surface area contributed by atoms with Crippen LogP contribution in [0.15, 0.2) is 48.5 Å². The minimum absolute atomic E-state index is 0.0346. The van der Waals surface area contributed by atoms with Crippen LogP contribution in [-0.2, 0) is 20.1 Å². The zero-order chi connectivity index (χ0) is 26.7. The first-order chi connectivity index (χ1) is 17.2. The van der Waals surface area contributed by atoms with E-state index in [4.69, 9.17) is 9.47 Å². The van der Waals surface area contributed by atoms with Gasteiger partial charge in [0.25, 0.3) is 5.91 Å². The number of hydrogen-bond donors (Lipinski definition) is 3. The lowest BCUT2D eigenvalue weighted by molar-refractivity contribution is -0.140. The van der Waals surface area contributed by atoms with Crippen LogP contribution in [0.25, 0.3) is 0 Å². The molecule has 0 fully saturated rings. The second-order valence-electron chi connectivity index (χ2n) is 8.37. The minimum atomic E-state index is -1.22. The van der Waals surface area contributed by atoms with Gasteiger partial charge in [-0.3, -0.25) is 19.2 Å². The Morgan fingerprint density at radius 3 is 2.25 bits per heavy atom. The molecule has 2 amide bonds. The van der Waals surface area contributed by atoms with Crippen molar-refractivity contribution in [2.45, 2.75) is 38.1 Å². The number of carbonyl (C=O) groups excluding carboxylic acids is 3. The second kappa shape index (κ2) is 14.1. The highest BCUT2D eigenvalue weighted by Gasteiger charge is 2.30. The average Bonchev–Trinajstić information content (AvgIpc) is 2.86. The molecule has 2 atom stereocenters. The molecule has 0 heterocycles. The van der Waals surface area contributed by atoms with E-state index in [1.165, 1.54) is 32.0 Å². The van der Waals surface area contributed by atoms with Crippen LogP contribution in [0.1, 0.15) is 36.2 Å². The van der Waals surface area contributed by atoms with E-state index in [1.54, 1.807) is 26.0 Å². The van der Waals surface area contributed by atoms with E-state index >= 15 is 0 Å². The number of carboxylic acids is 1. The largest absolute Gasteiger partial charge is 0.497 e. The van der Waals surface area contributed by atoms with Gasteiger partial charge >= 0.3 is 5.97 Å². The molecule has 9 nitrogen and oxygen atoms in total. The summed E-state index contributed by atoms with van der Waals surface area (Å²) in [4.78, 5) is 50.2. The Morgan fingerprint density at radius 2 is 1.67 bits per heavy atom. The van der Waals surface area contributed by atoms with Crippen molar-refractivity contribution >= 4 is 35.3 Å². The van der Waals surface area contributed by atoms with Gasteiger partial charge in [0.15, 0.2) is 5.78 Å². The molecule has 3 N–H and O–H groups in total. The zero-order valence-electron chi connectivity index (χ0n) is 20.8. The molecular weight excluding hydrogens is 484 g/mol. The van der Waals surface area contributed by atoms with Gasteiger partial charge in [-0.2, -0.15) is 0 Å². The standard InChI is InChI=1S/C26H32N2O7S/c1-16(2)24(28-25(32)19-12-18(34-3)10-11-22(19)35-4)26(33)27-20(13-23(30)31)21(29)15-36-14-17-8-6-5-7-9-17/h5-12,16,20,24H,13-15H2,1-4H3,(H,27,33)(H,28,32)(H,30,31)/t20-,24-/m0/s1. The summed E-state index contributed by atoms with van der Waals surface area (Å²) < 4.78 is 10.4. The number of benzene rings is 2. The summed E-state index contributed by atoms with van der Waals surface area (Å²) in [6, 6.07) is 12.0. The number of ether oxygens (including phenoxy) is 2. The Hall–Kier alpha value is -3.53. The molecule has 194 valence electrons. The molecule has 2 rings (SSSR count). The molecular formula is C26H32N2O7S. The van der Waals surface area contributed by atoms with E-state index < -0.39 is 42.1 Å². The van der Waals surface area contributed by atoms with Crippen molar-refractivity contribution in [1.29, 1.82) is 0 Å². The van der Waals surface area contributed by atoms with Crippen molar-refractivity contribution in [1.82, 2.24) is 10.6 Å². The predicted molar refractivity (Wildman–Crippen MR) is 137 cm³/mol. The fraction of sp³-hybridized carbons (Fsp3) is 0.385. The van der Waals surface area contributed by atoms with Gasteiger partial charge < -0.3 is 25.2 Å². The fourth-order valence-electron chi connectivity index (χ4n) is 3.37. The summed E-state index contributed by atoms with van der Waals surface area (Å²) in [5, 5.41) is 14.5. The quantitative estimate of drug-likeness (QED) is 0.349. The number of methoxy groups -OCH3 is 2. The molecule has 0 aliphatic heterocycles. The lowest BCUT2D eigenvalue weighted by atomic mass is 10.0. The Kier molecular flexibility index (Phi) is 11.3. The van der Waals surface area contributed by atoms with Crippen molar-refractivity contribution in [2.24, 2.45) is 5.92 Å². The third-order valence-corrected chi connectivity index (χ3v) is 6.35. The third-order valence-electron chi connectivity index (χ3n) is 5.33. The molecule has 0 aliphatic carbocycles. The number of amides is 2. The van der Waals surface area contributed by atoms with Crippen molar-refractivity contribution < 1.29 is 33.8 Å². The Labute approximate surface area is 214 Å². The van der Waals surface area contributed by atoms with Crippen LogP contribution in [0.3, 0.4) is 0 Å². The van der Waals surface area contributed by atoms with Gasteiger partial charge in [0.1, 0.15) is 17.5 Å². The first-order valence-electron chi connectivity index (χ1n) is 11.4. The van der Waals surface area contributed by atoms with Crippen LogP contribution in [0, 0.1) is 5.92 Å². The highest BCUT2D eigenvalue weighted by Crippen LogP contribution is 2.24. The lowest BCUT2D eigenvalue weighted by Crippen LogP contribution is -2.54. The van der Waals surface area contributed by atoms with E-state index in [0.717, 1.165) is 5.56 Å². The van der Waals surface area contributed by atoms with Gasteiger partial charge in [-0.25, -0.2) is 0 Å². The minimum Gasteiger partial charge on any atom is -0.497 e. The molecule has 0 saturated heterocycles. The molecule has 0 unspecified atom stereocenters. The highest BCUT2D eigenvalue weighted by atomic mass is 32.2. The van der Waals surface area contributed by atoms with E-state index in [1.807, 2.05) is 30.3 Å². The maximum atomic E-state index is 13.1. The first-order valence-corrected chi connectivity index (χ1v) is 12.5. The van der Waals surface area contributed by atoms with E-state index in [9.17, 15) is 24.3 Å². The number of carbonyl (C=O) groups is 4. The zero-order valence-corrected chi connectivity index (χ0v) is 21.6. The van der Waals surface area contributed by atoms with Crippen LogP contribution < -0.4 is 20.1 Å². The van der Waals surface area contributed by atoms with Crippen molar-refractivity contribution in [3.63, 3.8) is 0 Å². The number of rotatable bonds is 14. The molecule has 0 spiro atoms. The third kappa shape index (κ3) is 8.60. The summed E-state index contributed by atoms with van der Waals surface area (Å²) >= 11 is 1.34. The van der Waals surface area contributed by atoms with E-state index in [2.05, 4.69) is 10.6 Å². The van der Waals surface area contributed by atoms with Gasteiger partial charge in [-0.15, -0.1) is 11.8 Å². The molecule has 2 aromatic rings. The monoisotopic (exact) mass is 516 g/mol. The summed E-state index contributed by atoms with van der Waals surface area (Å²) in [7, 11) is 2.88. The number of hydrogen-bond acceptors (Lipinski definition) is 7. The van der Waals surface area contributed by atoms with Crippen LogP contribution in [0.2, 0.25) is 0 Å². The van der Waals surface area contributed by atoms with Crippen LogP contribution in [-0.4, -0.2) is 60.7 Å². The highest BCUT2D eigenvalue weighted by molar-refractivity contribution is 7.99. The smallest absolute Gasteiger partial charge is 0.305 e. The Balaban J connectivity index is 2.10. The van der Waals surface area contributed by atoms with Gasteiger partial charge in [0, 0.05) is 5.75 Å². The number of Topliss-reactive ketones (excluding diaryl/α,β-unsaturated/α-hetero) is 1. The molecule has 0 saturated carbocycles. The molecule has 0 aliphatic rings. The number of ketones is 1. The summed E-state index contributed by atoms with van der Waals surface area (Å²) in [6.45, 7) is 3.47. The maximum Gasteiger partial charge on any atom is 0.305 e. The number of nitrogens with one attached hydrogen (secondary N) is 2. The summed E-state index contributed by atoms with van der Waals surface area (Å²) in [5.74, 6) is -1.84. The maximum absolute atomic E-state index is 13.1. The molecule has 0 bridgehead atoms. The fourth-order valence-corrected chi connectivity index (χ4v) is 4.30. The molecule has 0 radical (unpaired) electrons. The average molecular weight is 517 g/mol. The van der Waals surface area contributed by atoms with Crippen molar-refractivity contribution in [3.8, 4) is 11.5 Å². The van der Waals surface area contributed by atoms with E-state index in [0.29, 0.717) is 17.3 Å². The lowest BCUT2D eigenvalue weighted by Gasteiger charge is -2.25. The SMILES string of the molecule is COc1ccc(OC)c(C(=O)N[C@H](C(=O)N[C@@H](CC(=O)O)C(=O)CSCc2ccccc2)C(C)C)c1. The molecule has 36 heavy (non-hydrogen) atoms. The van der Waals surface area contributed by atoms with Crippen molar-refractivity contribution in [2.75, 3.05) is 20.0 Å². The number of carboxylic acid groups (broad SMARTS) is 1. The summed E-state index contributed by atoms with van der Waals surface area (Å²) in [5.41, 5.74) is 1.20. The number of thioether (sulfide) groups is 1. The first kappa shape index (κ1) is 28.7. The Bertz CT molecular complexity index is 1060.